The second-order valence-electron chi connectivity index (χ2n) is 15.2. The first-order valence-corrected chi connectivity index (χ1v) is 20.3. The SMILES string of the molecule is COC(=O)NC(C(=O)NN(Cc1c(F)cc(-c2ccn(C(F)F)n2)cc1F)CC(OC(=O)OCCl)C(Cc1ccc(I)cc1)NC(=O)C(NC(=O)O)C(C)(C)C(F)(F)F)C(C)(C)C(F)(F)F. The van der Waals surface area contributed by atoms with Crippen molar-refractivity contribution in [3.8, 4) is 11.3 Å². The van der Waals surface area contributed by atoms with Crippen LogP contribution in [0.4, 0.5) is 58.3 Å². The third-order valence-electron chi connectivity index (χ3n) is 9.97. The highest BCUT2D eigenvalue weighted by Crippen LogP contribution is 2.42. The maximum absolute atomic E-state index is 16.0. The van der Waals surface area contributed by atoms with Gasteiger partial charge in [0.25, 0.3) is 5.91 Å². The molecule has 0 radical (unpaired) electrons. The van der Waals surface area contributed by atoms with Gasteiger partial charge in [-0.25, -0.2) is 32.9 Å². The largest absolute Gasteiger partial charge is 0.509 e. The summed E-state index contributed by atoms with van der Waals surface area (Å²) in [6, 6.07) is 0.169. The van der Waals surface area contributed by atoms with Gasteiger partial charge in [-0.05, 0) is 92.6 Å². The Bertz CT molecular complexity index is 2180. The number of carboxylic acid groups (broad SMARTS) is 1. The fourth-order valence-electron chi connectivity index (χ4n) is 5.92. The highest BCUT2D eigenvalue weighted by atomic mass is 127. The van der Waals surface area contributed by atoms with Crippen molar-refractivity contribution in [3.05, 3.63) is 75.0 Å². The van der Waals surface area contributed by atoms with Crippen LogP contribution in [0.25, 0.3) is 11.3 Å². The Labute approximate surface area is 387 Å². The Balaban J connectivity index is 2.31. The molecule has 28 heteroatoms. The van der Waals surface area contributed by atoms with Crippen molar-refractivity contribution in [2.45, 2.75) is 83.8 Å². The molecular weight excluding hydrogens is 1050 g/mol. The number of hydrogen-bond acceptors (Lipinski definition) is 10. The number of carbonyl (C=O) groups excluding carboxylic acids is 4. The van der Waals surface area contributed by atoms with Gasteiger partial charge in [0.15, 0.2) is 6.07 Å². The van der Waals surface area contributed by atoms with E-state index in [0.717, 1.165) is 19.4 Å². The lowest BCUT2D eigenvalue weighted by Gasteiger charge is -2.38. The van der Waals surface area contributed by atoms with Gasteiger partial charge >= 0.3 is 37.2 Å². The predicted octanol–water partition coefficient (Wildman–Crippen LogP) is 7.64. The average molecular weight is 1090 g/mol. The summed E-state index contributed by atoms with van der Waals surface area (Å²) in [4.78, 5) is 64.8. The van der Waals surface area contributed by atoms with Gasteiger partial charge in [-0.15, -0.1) is 0 Å². The summed E-state index contributed by atoms with van der Waals surface area (Å²) in [7, 11) is 0.751. The number of carbonyl (C=O) groups is 5. The van der Waals surface area contributed by atoms with Crippen molar-refractivity contribution < 1.29 is 87.2 Å². The van der Waals surface area contributed by atoms with Crippen LogP contribution in [0.3, 0.4) is 0 Å². The van der Waals surface area contributed by atoms with Crippen LogP contribution in [0.5, 0.6) is 0 Å². The maximum Gasteiger partial charge on any atom is 0.509 e. The number of nitrogens with one attached hydrogen (secondary N) is 4. The number of alkyl carbamates (subject to hydrolysis) is 1. The van der Waals surface area contributed by atoms with E-state index in [1.165, 1.54) is 29.6 Å². The molecule has 5 N–H and O–H groups in total. The van der Waals surface area contributed by atoms with Crippen LogP contribution in [0.1, 0.15) is 45.4 Å². The van der Waals surface area contributed by atoms with Crippen LogP contribution in [-0.4, -0.2) is 106 Å². The molecule has 0 aliphatic heterocycles. The molecular formula is C38H41ClF10IN7O9. The lowest BCUT2D eigenvalue weighted by atomic mass is 9.82. The van der Waals surface area contributed by atoms with Crippen molar-refractivity contribution in [3.63, 3.8) is 0 Å². The molecule has 4 atom stereocenters. The molecule has 3 rings (SSSR count). The second kappa shape index (κ2) is 22.4. The third kappa shape index (κ3) is 14.3. The summed E-state index contributed by atoms with van der Waals surface area (Å²) in [6.07, 6.45) is -17.7. The molecule has 2 aromatic carbocycles. The molecule has 0 fully saturated rings. The molecule has 66 heavy (non-hydrogen) atoms. The van der Waals surface area contributed by atoms with Crippen molar-refractivity contribution >= 4 is 64.3 Å². The molecule has 3 aromatic rings. The van der Waals surface area contributed by atoms with E-state index >= 15 is 8.78 Å². The van der Waals surface area contributed by atoms with Crippen LogP contribution in [0, 0.1) is 26.0 Å². The Morgan fingerprint density at radius 1 is 0.864 bits per heavy atom. The minimum Gasteiger partial charge on any atom is -0.465 e. The van der Waals surface area contributed by atoms with Crippen LogP contribution in [0.2, 0.25) is 0 Å². The molecule has 4 amide bonds. The number of hydrogen-bond donors (Lipinski definition) is 5. The number of amides is 4. The van der Waals surface area contributed by atoms with Crippen molar-refractivity contribution in [1.82, 2.24) is 36.2 Å². The Hall–Kier alpha value is -5.32. The fourth-order valence-corrected chi connectivity index (χ4v) is 6.37. The molecule has 16 nitrogen and oxygen atoms in total. The number of hydrazine groups is 1. The Kier molecular flexibility index (Phi) is 18.7. The normalized spacial score (nSPS) is 14.2. The van der Waals surface area contributed by atoms with E-state index in [9.17, 15) is 64.2 Å². The molecule has 0 saturated carbocycles. The van der Waals surface area contributed by atoms with Gasteiger partial charge in [-0.3, -0.25) is 15.0 Å². The molecule has 1 aromatic heterocycles. The predicted molar refractivity (Wildman–Crippen MR) is 218 cm³/mol. The van der Waals surface area contributed by atoms with E-state index in [0.29, 0.717) is 48.4 Å². The Morgan fingerprint density at radius 3 is 1.88 bits per heavy atom. The van der Waals surface area contributed by atoms with E-state index < -0.39 is 132 Å². The molecule has 366 valence electrons. The van der Waals surface area contributed by atoms with Crippen LogP contribution >= 0.6 is 34.2 Å². The number of methoxy groups -OCH3 is 1. The fraction of sp³-hybridized carbons (Fsp3) is 0.474. The molecule has 0 aliphatic carbocycles. The van der Waals surface area contributed by atoms with E-state index in [2.05, 4.69) is 19.9 Å². The number of halogens is 12. The summed E-state index contributed by atoms with van der Waals surface area (Å²) in [5.74, 6) is -6.39. The third-order valence-corrected chi connectivity index (χ3v) is 10.8. The lowest BCUT2D eigenvalue weighted by Crippen LogP contribution is -2.64. The van der Waals surface area contributed by atoms with Gasteiger partial charge in [0, 0.05) is 27.4 Å². The quantitative estimate of drug-likeness (QED) is 0.0260. The smallest absolute Gasteiger partial charge is 0.465 e. The average Bonchev–Trinajstić information content (AvgIpc) is 3.70. The zero-order valence-corrected chi connectivity index (χ0v) is 37.8. The van der Waals surface area contributed by atoms with Crippen LogP contribution < -0.4 is 21.4 Å². The molecule has 0 bridgehead atoms. The summed E-state index contributed by atoms with van der Waals surface area (Å²) in [6.45, 7) is -3.59. The summed E-state index contributed by atoms with van der Waals surface area (Å²) in [5.41, 5.74) is -5.83. The van der Waals surface area contributed by atoms with Crippen molar-refractivity contribution in [2.24, 2.45) is 10.8 Å². The zero-order valence-electron chi connectivity index (χ0n) is 34.9. The molecule has 0 aliphatic rings. The van der Waals surface area contributed by atoms with E-state index in [1.807, 2.05) is 28.0 Å². The molecule has 4 unspecified atom stereocenters. The standard InChI is InChI=1S/C38H41ClF10IN7O9/c1-35(2,37(44,45)46)27(52-32(60)61)29(58)51-25(12-18-6-8-20(50)9-7-18)26(66-34(63)65-17-39)16-56(55-30(59)28(53-33(62)64-5)36(3,4)38(47,48)49)15-21-22(40)13-19(14-23(21)41)24-10-11-57(54-24)31(42)43/h6-11,13-14,25-28,31,52H,12,15-17H2,1-5H3,(H,51,58)(H,53,62)(H,55,59)(H,60,61). The minimum atomic E-state index is -5.27. The minimum absolute atomic E-state index is 0.169. The van der Waals surface area contributed by atoms with E-state index in [-0.39, 0.29) is 15.9 Å². The molecule has 0 spiro atoms. The number of aromatic nitrogens is 2. The van der Waals surface area contributed by atoms with Crippen LogP contribution in [-0.2, 0) is 36.8 Å². The zero-order chi connectivity index (χ0) is 50.1. The van der Waals surface area contributed by atoms with Gasteiger partial charge in [-0.2, -0.15) is 40.2 Å². The Morgan fingerprint density at radius 2 is 1.41 bits per heavy atom. The number of nitrogens with zero attached hydrogens (tertiary/aromatic N) is 3. The van der Waals surface area contributed by atoms with Gasteiger partial charge in [0.2, 0.25) is 5.91 Å². The maximum atomic E-state index is 16.0. The number of ether oxygens (including phenoxy) is 3. The molecule has 1 heterocycles. The second-order valence-corrected chi connectivity index (χ2v) is 16.7. The highest BCUT2D eigenvalue weighted by molar-refractivity contribution is 14.1. The monoisotopic (exact) mass is 1090 g/mol. The summed E-state index contributed by atoms with van der Waals surface area (Å²) in [5, 5.41) is 18.9. The van der Waals surface area contributed by atoms with Gasteiger partial charge < -0.3 is 35.3 Å². The van der Waals surface area contributed by atoms with Crippen molar-refractivity contribution in [2.75, 3.05) is 19.7 Å². The first-order valence-electron chi connectivity index (χ1n) is 18.7. The van der Waals surface area contributed by atoms with Gasteiger partial charge in [0.05, 0.1) is 36.2 Å². The van der Waals surface area contributed by atoms with E-state index in [4.69, 9.17) is 16.3 Å². The topological polar surface area (TPSA) is 202 Å². The molecule has 0 saturated heterocycles. The number of alkyl halides is 9. The van der Waals surface area contributed by atoms with Crippen LogP contribution in [0.15, 0.2) is 48.7 Å². The van der Waals surface area contributed by atoms with Crippen molar-refractivity contribution in [1.29, 1.82) is 0 Å². The van der Waals surface area contributed by atoms with E-state index in [1.54, 1.807) is 5.32 Å². The first-order chi connectivity index (χ1) is 30.4. The lowest BCUT2D eigenvalue weighted by molar-refractivity contribution is -0.221. The first kappa shape index (κ1) is 55.0. The number of rotatable bonds is 19. The summed E-state index contributed by atoms with van der Waals surface area (Å²) >= 11 is 7.45. The van der Waals surface area contributed by atoms with Gasteiger partial charge in [0.1, 0.15) is 29.8 Å². The number of benzene rings is 2. The highest BCUT2D eigenvalue weighted by Gasteiger charge is 2.57. The summed E-state index contributed by atoms with van der Waals surface area (Å²) < 4.78 is 160. The van der Waals surface area contributed by atoms with Gasteiger partial charge in [-0.1, -0.05) is 23.7 Å².